The number of hydrogen-bond acceptors (Lipinski definition) is 4. The molecular formula is C24H26F7N3O2. The first-order chi connectivity index (χ1) is 16.8. The lowest BCUT2D eigenvalue weighted by atomic mass is 9.75. The average Bonchev–Trinajstić information content (AvgIpc) is 2.81. The second-order valence-corrected chi connectivity index (χ2v) is 8.71. The molecule has 3 heterocycles. The lowest BCUT2D eigenvalue weighted by Crippen LogP contribution is -2.36. The predicted molar refractivity (Wildman–Crippen MR) is 118 cm³/mol. The fraction of sp³-hybridized carbons (Fsp3) is 0.542. The van der Waals surface area contributed by atoms with Crippen LogP contribution in [0.15, 0.2) is 24.4 Å². The lowest BCUT2D eigenvalue weighted by Gasteiger charge is -2.34. The van der Waals surface area contributed by atoms with E-state index in [9.17, 15) is 35.5 Å². The molecule has 0 aromatic carbocycles. The van der Waals surface area contributed by atoms with E-state index in [1.54, 1.807) is 13.8 Å². The molecule has 1 N–H and O–H groups in total. The Bertz CT molecular complexity index is 1100. The van der Waals surface area contributed by atoms with Crippen LogP contribution < -0.4 is 5.32 Å². The summed E-state index contributed by atoms with van der Waals surface area (Å²) in [5.74, 6) is -3.94. The number of carbonyl (C=O) groups is 1. The first kappa shape index (κ1) is 27.7. The number of anilines is 1. The summed E-state index contributed by atoms with van der Waals surface area (Å²) in [6, 6.07) is 2.92. The maximum atomic E-state index is 14.9. The maximum Gasteiger partial charge on any atom is 0.430 e. The topological polar surface area (TPSA) is 64.1 Å². The first-order valence-electron chi connectivity index (χ1n) is 11.5. The molecule has 0 aliphatic carbocycles. The number of alkyl halides is 7. The van der Waals surface area contributed by atoms with Gasteiger partial charge in [-0.2, -0.15) is 13.2 Å². The molecule has 0 saturated carbocycles. The minimum atomic E-state index is -5.06. The van der Waals surface area contributed by atoms with Crippen LogP contribution in [0.5, 0.6) is 0 Å². The Kier molecular flexibility index (Phi) is 7.85. The summed E-state index contributed by atoms with van der Waals surface area (Å²) < 4.78 is 105. The highest BCUT2D eigenvalue weighted by Crippen LogP contribution is 2.47. The van der Waals surface area contributed by atoms with E-state index < -0.39 is 59.5 Å². The average molecular weight is 521 g/mol. The standard InChI is InChI=1S/C24H26F7N3O2/c1-4-8-22(9-5-2,20(25)26)16-12-13(23(27,28)6-3)11-15(33-16)14-7-10-32-19-17(14)18(24(29,30)31)36-21(35)34-19/h7,10-12,18,20H,4-6,8-9H2,1-3H3,(H,32,34,35)/t18-/m1/s1. The van der Waals surface area contributed by atoms with Gasteiger partial charge in [-0.3, -0.25) is 10.3 Å². The number of pyridine rings is 2. The molecule has 3 rings (SSSR count). The first-order valence-corrected chi connectivity index (χ1v) is 11.5. The van der Waals surface area contributed by atoms with Crippen molar-refractivity contribution < 1.29 is 40.3 Å². The van der Waals surface area contributed by atoms with Crippen molar-refractivity contribution in [3.8, 4) is 11.3 Å². The van der Waals surface area contributed by atoms with Crippen molar-refractivity contribution in [2.24, 2.45) is 0 Å². The van der Waals surface area contributed by atoms with Gasteiger partial charge in [0.2, 0.25) is 12.5 Å². The number of rotatable bonds is 9. The third-order valence-electron chi connectivity index (χ3n) is 6.28. The molecule has 0 fully saturated rings. The lowest BCUT2D eigenvalue weighted by molar-refractivity contribution is -0.206. The van der Waals surface area contributed by atoms with Crippen LogP contribution in [0.3, 0.4) is 0 Å². The van der Waals surface area contributed by atoms with Gasteiger partial charge in [0.25, 0.3) is 5.92 Å². The molecule has 0 spiro atoms. The highest BCUT2D eigenvalue weighted by Gasteiger charge is 2.50. The number of carbonyl (C=O) groups excluding carboxylic acids is 1. The number of aromatic nitrogens is 2. The van der Waals surface area contributed by atoms with Gasteiger partial charge in [0, 0.05) is 23.7 Å². The summed E-state index contributed by atoms with van der Waals surface area (Å²) in [7, 11) is 0. The minimum absolute atomic E-state index is 0.0646. The Morgan fingerprint density at radius 1 is 1.06 bits per heavy atom. The number of halogens is 7. The Labute approximate surface area is 203 Å². The monoisotopic (exact) mass is 521 g/mol. The number of hydrogen-bond donors (Lipinski definition) is 1. The molecule has 0 unspecified atom stereocenters. The quantitative estimate of drug-likeness (QED) is 0.341. The number of fused-ring (bicyclic) bond motifs is 1. The van der Waals surface area contributed by atoms with Crippen LogP contribution >= 0.6 is 0 Å². The van der Waals surface area contributed by atoms with E-state index in [1.165, 1.54) is 6.92 Å². The van der Waals surface area contributed by atoms with Gasteiger partial charge >= 0.3 is 12.3 Å². The highest BCUT2D eigenvalue weighted by molar-refractivity contribution is 5.89. The predicted octanol–water partition coefficient (Wildman–Crippen LogP) is 7.91. The van der Waals surface area contributed by atoms with Gasteiger partial charge in [-0.1, -0.05) is 33.6 Å². The molecule has 0 saturated heterocycles. The van der Waals surface area contributed by atoms with Crippen LogP contribution in [0.25, 0.3) is 11.3 Å². The molecule has 12 heteroatoms. The summed E-state index contributed by atoms with van der Waals surface area (Å²) in [6.07, 6.45) is -11.3. The van der Waals surface area contributed by atoms with Crippen molar-refractivity contribution >= 4 is 11.9 Å². The zero-order valence-electron chi connectivity index (χ0n) is 19.9. The zero-order chi connectivity index (χ0) is 26.9. The smallest absolute Gasteiger partial charge is 0.430 e. The molecule has 1 aliphatic rings. The Hall–Kier alpha value is -2.92. The molecule has 1 aliphatic heterocycles. The van der Waals surface area contributed by atoms with Crippen molar-refractivity contribution in [2.45, 2.75) is 82.9 Å². The van der Waals surface area contributed by atoms with Crippen LogP contribution in [-0.4, -0.2) is 28.7 Å². The molecule has 198 valence electrons. The highest BCUT2D eigenvalue weighted by atomic mass is 19.4. The second kappa shape index (κ2) is 10.2. The van der Waals surface area contributed by atoms with Gasteiger partial charge in [0.15, 0.2) is 0 Å². The van der Waals surface area contributed by atoms with Crippen molar-refractivity contribution in [2.75, 3.05) is 5.32 Å². The van der Waals surface area contributed by atoms with Gasteiger partial charge in [0.05, 0.1) is 22.4 Å². The SMILES string of the molecule is CCCC(CCC)(c1cc(C(F)(F)CC)cc(-c2ccnc3c2[C@H](C(F)(F)F)OC(=O)N3)n1)C(F)F. The largest absolute Gasteiger partial charge is 0.431 e. The van der Waals surface area contributed by atoms with Gasteiger partial charge < -0.3 is 4.74 Å². The molecule has 36 heavy (non-hydrogen) atoms. The van der Waals surface area contributed by atoms with Crippen molar-refractivity contribution in [1.29, 1.82) is 0 Å². The molecule has 0 radical (unpaired) electrons. The molecule has 0 bridgehead atoms. The molecule has 1 amide bonds. The van der Waals surface area contributed by atoms with E-state index in [4.69, 9.17) is 0 Å². The fourth-order valence-electron chi connectivity index (χ4n) is 4.53. The normalized spacial score (nSPS) is 16.5. The van der Waals surface area contributed by atoms with E-state index in [0.29, 0.717) is 12.8 Å². The van der Waals surface area contributed by atoms with Crippen LogP contribution in [0.1, 0.15) is 75.8 Å². The minimum Gasteiger partial charge on any atom is -0.431 e. The molecular weight excluding hydrogens is 495 g/mol. The Balaban J connectivity index is 2.37. The Morgan fingerprint density at radius 2 is 1.69 bits per heavy atom. The van der Waals surface area contributed by atoms with Crippen LogP contribution in [-0.2, 0) is 16.1 Å². The van der Waals surface area contributed by atoms with E-state index in [-0.39, 0.29) is 29.8 Å². The number of nitrogens with zero attached hydrogens (tertiary/aromatic N) is 2. The molecule has 1 atom stereocenters. The van der Waals surface area contributed by atoms with Crippen molar-refractivity contribution in [3.63, 3.8) is 0 Å². The summed E-state index contributed by atoms with van der Waals surface area (Å²) in [5.41, 5.74) is -4.17. The van der Waals surface area contributed by atoms with E-state index in [2.05, 4.69) is 20.0 Å². The van der Waals surface area contributed by atoms with E-state index >= 15 is 0 Å². The van der Waals surface area contributed by atoms with Gasteiger partial charge in [-0.15, -0.1) is 0 Å². The number of amides is 1. The maximum absolute atomic E-state index is 14.9. The third-order valence-corrected chi connectivity index (χ3v) is 6.28. The third kappa shape index (κ3) is 5.12. The van der Waals surface area contributed by atoms with Crippen molar-refractivity contribution in [1.82, 2.24) is 9.97 Å². The number of cyclic esters (lactones) is 1. The summed E-state index contributed by atoms with van der Waals surface area (Å²) in [6.45, 7) is 4.55. The zero-order valence-corrected chi connectivity index (χ0v) is 19.9. The molecule has 5 nitrogen and oxygen atoms in total. The van der Waals surface area contributed by atoms with E-state index in [1.807, 2.05) is 0 Å². The fourth-order valence-corrected chi connectivity index (χ4v) is 4.53. The molecule has 2 aromatic rings. The second-order valence-electron chi connectivity index (χ2n) is 8.71. The molecule has 2 aromatic heterocycles. The van der Waals surface area contributed by atoms with Crippen molar-refractivity contribution in [3.05, 3.63) is 41.2 Å². The Morgan fingerprint density at radius 3 is 2.22 bits per heavy atom. The summed E-state index contributed by atoms with van der Waals surface area (Å²) in [4.78, 5) is 19.7. The van der Waals surface area contributed by atoms with Gasteiger partial charge in [-0.05, 0) is 31.0 Å². The number of ether oxygens (including phenoxy) is 1. The van der Waals surface area contributed by atoms with E-state index in [0.717, 1.165) is 24.4 Å². The van der Waals surface area contributed by atoms with Crippen LogP contribution in [0.2, 0.25) is 0 Å². The number of nitrogens with one attached hydrogen (secondary N) is 1. The summed E-state index contributed by atoms with van der Waals surface area (Å²) in [5, 5.41) is 2.06. The van der Waals surface area contributed by atoms with Gasteiger partial charge in [0.1, 0.15) is 5.82 Å². The summed E-state index contributed by atoms with van der Waals surface area (Å²) >= 11 is 0. The van der Waals surface area contributed by atoms with Gasteiger partial charge in [-0.25, -0.2) is 27.3 Å². The van der Waals surface area contributed by atoms with Crippen LogP contribution in [0.4, 0.5) is 41.3 Å². The van der Waals surface area contributed by atoms with Crippen LogP contribution in [0, 0.1) is 0 Å².